The van der Waals surface area contributed by atoms with Gasteiger partial charge in [0.1, 0.15) is 0 Å². The van der Waals surface area contributed by atoms with Crippen molar-refractivity contribution in [1.29, 1.82) is 0 Å². The van der Waals surface area contributed by atoms with Gasteiger partial charge in [-0.3, -0.25) is 4.79 Å². The van der Waals surface area contributed by atoms with Gasteiger partial charge in [-0.2, -0.15) is 0 Å². The molecule has 126 valence electrons. The second-order valence-corrected chi connectivity index (χ2v) is 6.97. The predicted molar refractivity (Wildman–Crippen MR) is 91.8 cm³/mol. The molecule has 5 heteroatoms. The minimum atomic E-state index is -0.378. The molecular weight excluding hydrogens is 291 g/mol. The number of hydrogen-bond acceptors (Lipinski definition) is 4. The minimum absolute atomic E-state index is 0.168. The van der Waals surface area contributed by atoms with Gasteiger partial charge in [0, 0.05) is 0 Å². The van der Waals surface area contributed by atoms with Crippen LogP contribution in [0.5, 0.6) is 0 Å². The van der Waals surface area contributed by atoms with Crippen molar-refractivity contribution < 1.29 is 18.8 Å². The van der Waals surface area contributed by atoms with E-state index in [2.05, 4.69) is 0 Å². The Balaban J connectivity index is 2.15. The molecule has 4 nitrogen and oxygen atoms in total. The van der Waals surface area contributed by atoms with Gasteiger partial charge in [0.05, 0.1) is 23.7 Å². The monoisotopic (exact) mass is 318 g/mol. The highest BCUT2D eigenvalue weighted by Crippen LogP contribution is 2.36. The van der Waals surface area contributed by atoms with Crippen molar-refractivity contribution in [3.8, 4) is 0 Å². The third-order valence-corrected chi connectivity index (χ3v) is 4.84. The molecule has 1 aromatic rings. The fourth-order valence-corrected chi connectivity index (χ4v) is 2.65. The van der Waals surface area contributed by atoms with Crippen LogP contribution in [0.15, 0.2) is 24.3 Å². The maximum absolute atomic E-state index is 12.0. The van der Waals surface area contributed by atoms with Crippen molar-refractivity contribution in [1.82, 2.24) is 0 Å². The number of carbonyl (C=O) groups is 1. The van der Waals surface area contributed by atoms with E-state index in [4.69, 9.17) is 14.0 Å². The fraction of sp³-hybridized carbons (Fsp3) is 0.611. The predicted octanol–water partition coefficient (Wildman–Crippen LogP) is 3.04. The lowest BCUT2D eigenvalue weighted by atomic mass is 9.78. The molecule has 0 unspecified atom stereocenters. The maximum atomic E-state index is 12.0. The zero-order chi connectivity index (χ0) is 17.3. The molecule has 1 fully saturated rings. The highest BCUT2D eigenvalue weighted by atomic mass is 16.7. The van der Waals surface area contributed by atoms with Crippen LogP contribution in [-0.4, -0.2) is 30.9 Å². The van der Waals surface area contributed by atoms with E-state index < -0.39 is 0 Å². The zero-order valence-corrected chi connectivity index (χ0v) is 15.0. The molecular formula is C18H27BO4. The smallest absolute Gasteiger partial charge is 0.466 e. The molecule has 1 saturated heterocycles. The van der Waals surface area contributed by atoms with Gasteiger partial charge in [-0.1, -0.05) is 31.2 Å². The lowest BCUT2D eigenvalue weighted by molar-refractivity contribution is -0.145. The summed E-state index contributed by atoms with van der Waals surface area (Å²) in [5.41, 5.74) is 1.22. The number of rotatable bonds is 5. The number of hydrogen-bond donors (Lipinski definition) is 0. The molecule has 1 aliphatic heterocycles. The quantitative estimate of drug-likeness (QED) is 0.618. The summed E-state index contributed by atoms with van der Waals surface area (Å²) < 4.78 is 17.2. The van der Waals surface area contributed by atoms with Crippen molar-refractivity contribution in [2.24, 2.45) is 0 Å². The molecule has 1 atom stereocenters. The third-order valence-electron chi connectivity index (χ3n) is 4.84. The Kier molecular flexibility index (Phi) is 5.22. The molecule has 0 spiro atoms. The number of carbonyl (C=O) groups excluding carboxylic acids is 1. The van der Waals surface area contributed by atoms with Crippen LogP contribution in [0.3, 0.4) is 0 Å². The Morgan fingerprint density at radius 2 is 1.61 bits per heavy atom. The van der Waals surface area contributed by atoms with Crippen molar-refractivity contribution in [3.63, 3.8) is 0 Å². The first-order chi connectivity index (χ1) is 10.7. The average molecular weight is 318 g/mol. The summed E-state index contributed by atoms with van der Waals surface area (Å²) in [6.45, 7) is 12.4. The Labute approximate surface area is 139 Å². The van der Waals surface area contributed by atoms with Crippen LogP contribution in [0.4, 0.5) is 0 Å². The summed E-state index contributed by atoms with van der Waals surface area (Å²) in [6, 6.07) is 7.87. The van der Waals surface area contributed by atoms with Gasteiger partial charge in [0.25, 0.3) is 0 Å². The summed E-state index contributed by atoms with van der Waals surface area (Å²) >= 11 is 0. The Bertz CT molecular complexity index is 535. The lowest BCUT2D eigenvalue weighted by Crippen LogP contribution is -2.41. The van der Waals surface area contributed by atoms with Crippen LogP contribution >= 0.6 is 0 Å². The normalized spacial score (nSPS) is 20.3. The van der Waals surface area contributed by atoms with Crippen molar-refractivity contribution in [2.75, 3.05) is 6.61 Å². The van der Waals surface area contributed by atoms with E-state index in [1.165, 1.54) is 0 Å². The van der Waals surface area contributed by atoms with Crippen molar-refractivity contribution in [3.05, 3.63) is 29.8 Å². The number of ether oxygens (including phenoxy) is 1. The Morgan fingerprint density at radius 3 is 2.04 bits per heavy atom. The lowest BCUT2D eigenvalue weighted by Gasteiger charge is -2.32. The zero-order valence-electron chi connectivity index (χ0n) is 15.0. The van der Waals surface area contributed by atoms with Crippen molar-refractivity contribution >= 4 is 18.6 Å². The molecule has 1 heterocycles. The van der Waals surface area contributed by atoms with E-state index >= 15 is 0 Å². The first-order valence-corrected chi connectivity index (χ1v) is 8.34. The van der Waals surface area contributed by atoms with Gasteiger partial charge >= 0.3 is 13.1 Å². The highest BCUT2D eigenvalue weighted by Gasteiger charge is 2.51. The Hall–Kier alpha value is -1.33. The average Bonchev–Trinajstić information content (AvgIpc) is 2.69. The van der Waals surface area contributed by atoms with Gasteiger partial charge in [0.15, 0.2) is 0 Å². The molecule has 0 aliphatic carbocycles. The molecule has 0 radical (unpaired) electrons. The second kappa shape index (κ2) is 6.66. The summed E-state index contributed by atoms with van der Waals surface area (Å²) in [5, 5.41) is 0. The first kappa shape index (κ1) is 18.0. The standard InChI is InChI=1S/C18H27BO4/c1-7-15(16(20)21-8-2)13-9-11-14(12-10-13)19-22-17(3,4)18(5,6)23-19/h9-12,15H,7-8H2,1-6H3/t15-/m1/s1. The fourth-order valence-electron chi connectivity index (χ4n) is 2.65. The van der Waals surface area contributed by atoms with E-state index in [1.54, 1.807) is 0 Å². The summed E-state index contributed by atoms with van der Waals surface area (Å²) in [6.07, 6.45) is 0.717. The van der Waals surface area contributed by atoms with E-state index in [0.717, 1.165) is 11.0 Å². The largest absolute Gasteiger partial charge is 0.494 e. The molecule has 0 bridgehead atoms. The molecule has 23 heavy (non-hydrogen) atoms. The van der Waals surface area contributed by atoms with Crippen LogP contribution in [0, 0.1) is 0 Å². The van der Waals surface area contributed by atoms with Gasteiger partial charge in [-0.05, 0) is 52.1 Å². The first-order valence-electron chi connectivity index (χ1n) is 8.34. The maximum Gasteiger partial charge on any atom is 0.494 e. The Morgan fingerprint density at radius 1 is 1.09 bits per heavy atom. The van der Waals surface area contributed by atoms with Crippen LogP contribution in [0.2, 0.25) is 0 Å². The van der Waals surface area contributed by atoms with Crippen LogP contribution in [-0.2, 0) is 18.8 Å². The van der Waals surface area contributed by atoms with Gasteiger partial charge < -0.3 is 14.0 Å². The number of benzene rings is 1. The molecule has 0 amide bonds. The van der Waals surface area contributed by atoms with E-state index in [0.29, 0.717) is 13.0 Å². The molecule has 0 aromatic heterocycles. The highest BCUT2D eigenvalue weighted by molar-refractivity contribution is 6.62. The van der Waals surface area contributed by atoms with Crippen molar-refractivity contribution in [2.45, 2.75) is 65.1 Å². The van der Waals surface area contributed by atoms with Crippen LogP contribution in [0.1, 0.15) is 59.4 Å². The minimum Gasteiger partial charge on any atom is -0.466 e. The molecule has 2 rings (SSSR count). The van der Waals surface area contributed by atoms with E-state index in [9.17, 15) is 4.79 Å². The van der Waals surface area contributed by atoms with E-state index in [-0.39, 0.29) is 30.2 Å². The van der Waals surface area contributed by atoms with Crippen LogP contribution < -0.4 is 5.46 Å². The second-order valence-electron chi connectivity index (χ2n) is 6.97. The third kappa shape index (κ3) is 3.61. The van der Waals surface area contributed by atoms with Gasteiger partial charge in [-0.15, -0.1) is 0 Å². The SMILES string of the molecule is CCOC(=O)[C@H](CC)c1ccc(B2OC(C)(C)C(C)(C)O2)cc1. The van der Waals surface area contributed by atoms with Crippen LogP contribution in [0.25, 0.3) is 0 Å². The van der Waals surface area contributed by atoms with Gasteiger partial charge in [-0.25, -0.2) is 0 Å². The summed E-state index contributed by atoms with van der Waals surface area (Å²) in [4.78, 5) is 12.0. The molecule has 1 aliphatic rings. The number of esters is 1. The summed E-state index contributed by atoms with van der Waals surface area (Å²) in [5.74, 6) is -0.388. The molecule has 0 N–H and O–H groups in total. The molecule has 1 aromatic carbocycles. The molecule has 0 saturated carbocycles. The van der Waals surface area contributed by atoms with Gasteiger partial charge in [0.2, 0.25) is 0 Å². The van der Waals surface area contributed by atoms with E-state index in [1.807, 2.05) is 65.8 Å². The summed E-state index contributed by atoms with van der Waals surface area (Å²) in [7, 11) is -0.378. The topological polar surface area (TPSA) is 44.8 Å².